The highest BCUT2D eigenvalue weighted by atomic mass is 16.5. The largest absolute Gasteiger partial charge is 0.336 e. The first kappa shape index (κ1) is 14.1. The van der Waals surface area contributed by atoms with Crippen molar-refractivity contribution >= 4 is 16.9 Å². The molecule has 1 aromatic carbocycles. The Hall–Kier alpha value is -2.47. The number of benzene rings is 1. The fraction of sp³-hybridized carbons (Fsp3) is 0.353. The van der Waals surface area contributed by atoms with Gasteiger partial charge in [-0.2, -0.15) is 4.98 Å². The Bertz CT molecular complexity index is 836. The fourth-order valence-electron chi connectivity index (χ4n) is 2.83. The van der Waals surface area contributed by atoms with Crippen LogP contribution in [-0.2, 0) is 0 Å². The van der Waals surface area contributed by atoms with Gasteiger partial charge in [0.1, 0.15) is 0 Å². The van der Waals surface area contributed by atoms with Crippen LogP contribution in [0.25, 0.3) is 22.4 Å². The maximum Gasteiger partial charge on any atom is 0.266 e. The van der Waals surface area contributed by atoms with E-state index in [1.54, 1.807) is 0 Å². The molecular formula is C17H19N5O. The van der Waals surface area contributed by atoms with Crippen molar-refractivity contribution in [3.8, 4) is 11.5 Å². The molecule has 0 bridgehead atoms. The molecule has 6 nitrogen and oxygen atoms in total. The van der Waals surface area contributed by atoms with Crippen LogP contribution in [0.2, 0.25) is 0 Å². The van der Waals surface area contributed by atoms with Gasteiger partial charge in [-0.15, -0.1) is 0 Å². The number of piperazine rings is 1. The van der Waals surface area contributed by atoms with Gasteiger partial charge in [0.25, 0.3) is 11.8 Å². The summed E-state index contributed by atoms with van der Waals surface area (Å²) in [6.07, 6.45) is 0. The fourth-order valence-corrected chi connectivity index (χ4v) is 2.83. The lowest BCUT2D eigenvalue weighted by Gasteiger charge is -2.31. The van der Waals surface area contributed by atoms with Crippen LogP contribution in [-0.4, -0.2) is 53.3 Å². The zero-order chi connectivity index (χ0) is 15.8. The van der Waals surface area contributed by atoms with E-state index in [0.717, 1.165) is 48.3 Å². The Morgan fingerprint density at radius 1 is 1.00 bits per heavy atom. The van der Waals surface area contributed by atoms with Crippen molar-refractivity contribution in [2.45, 2.75) is 6.92 Å². The Kier molecular flexibility index (Phi) is 3.46. The lowest BCUT2D eigenvalue weighted by atomic mass is 10.1. The number of nitrogens with zero attached hydrogens (tertiary/aromatic N) is 5. The average Bonchev–Trinajstić information content (AvgIpc) is 3.05. The number of aryl methyl sites for hydroxylation is 1. The standard InChI is InChI=1S/C17H19N5O/c1-12-3-4-13-11-14(5-6-15(13)18-12)16-19-17(20-23-16)22-9-7-21(2)8-10-22/h3-6,11H,7-10H2,1-2H3. The molecular weight excluding hydrogens is 290 g/mol. The summed E-state index contributed by atoms with van der Waals surface area (Å²) >= 11 is 0. The Balaban J connectivity index is 1.62. The second kappa shape index (κ2) is 5.62. The molecule has 0 amide bonds. The molecule has 118 valence electrons. The lowest BCUT2D eigenvalue weighted by molar-refractivity contribution is 0.309. The van der Waals surface area contributed by atoms with Crippen molar-refractivity contribution in [3.63, 3.8) is 0 Å². The molecule has 1 saturated heterocycles. The monoisotopic (exact) mass is 309 g/mol. The third-order valence-corrected chi connectivity index (χ3v) is 4.28. The van der Waals surface area contributed by atoms with Gasteiger partial charge in [0.15, 0.2) is 0 Å². The van der Waals surface area contributed by atoms with E-state index in [1.165, 1.54) is 0 Å². The molecule has 0 saturated carbocycles. The number of pyridine rings is 1. The van der Waals surface area contributed by atoms with Crippen LogP contribution in [0, 0.1) is 6.92 Å². The highest BCUT2D eigenvalue weighted by Crippen LogP contribution is 2.24. The number of rotatable bonds is 2. The molecule has 0 atom stereocenters. The average molecular weight is 309 g/mol. The van der Waals surface area contributed by atoms with E-state index in [1.807, 2.05) is 31.2 Å². The Morgan fingerprint density at radius 2 is 1.83 bits per heavy atom. The van der Waals surface area contributed by atoms with E-state index in [4.69, 9.17) is 4.52 Å². The molecule has 4 rings (SSSR count). The summed E-state index contributed by atoms with van der Waals surface area (Å²) < 4.78 is 5.47. The van der Waals surface area contributed by atoms with E-state index in [9.17, 15) is 0 Å². The van der Waals surface area contributed by atoms with Gasteiger partial charge in [0, 0.05) is 42.8 Å². The first-order chi connectivity index (χ1) is 11.2. The van der Waals surface area contributed by atoms with Gasteiger partial charge < -0.3 is 14.3 Å². The second-order valence-electron chi connectivity index (χ2n) is 6.05. The summed E-state index contributed by atoms with van der Waals surface area (Å²) in [4.78, 5) is 13.5. The van der Waals surface area contributed by atoms with Crippen LogP contribution in [0.3, 0.4) is 0 Å². The van der Waals surface area contributed by atoms with Gasteiger partial charge >= 0.3 is 0 Å². The first-order valence-corrected chi connectivity index (χ1v) is 7.84. The number of aromatic nitrogens is 3. The quantitative estimate of drug-likeness (QED) is 0.724. The molecule has 23 heavy (non-hydrogen) atoms. The van der Waals surface area contributed by atoms with Crippen LogP contribution in [0.5, 0.6) is 0 Å². The first-order valence-electron chi connectivity index (χ1n) is 7.84. The predicted molar refractivity (Wildman–Crippen MR) is 89.5 cm³/mol. The van der Waals surface area contributed by atoms with Crippen LogP contribution in [0.4, 0.5) is 5.95 Å². The summed E-state index contributed by atoms with van der Waals surface area (Å²) in [5.74, 6) is 1.23. The third-order valence-electron chi connectivity index (χ3n) is 4.28. The van der Waals surface area contributed by atoms with Crippen LogP contribution < -0.4 is 4.90 Å². The smallest absolute Gasteiger partial charge is 0.266 e. The molecule has 0 radical (unpaired) electrons. The minimum Gasteiger partial charge on any atom is -0.336 e. The molecule has 0 spiro atoms. The molecule has 1 aliphatic heterocycles. The van der Waals surface area contributed by atoms with Gasteiger partial charge in [0.2, 0.25) is 0 Å². The van der Waals surface area contributed by atoms with Crippen molar-refractivity contribution in [2.75, 3.05) is 38.1 Å². The molecule has 0 aliphatic carbocycles. The zero-order valence-corrected chi connectivity index (χ0v) is 13.4. The van der Waals surface area contributed by atoms with Gasteiger partial charge in [-0.1, -0.05) is 6.07 Å². The molecule has 0 N–H and O–H groups in total. The van der Waals surface area contributed by atoms with Crippen molar-refractivity contribution in [2.24, 2.45) is 0 Å². The van der Waals surface area contributed by atoms with Crippen molar-refractivity contribution < 1.29 is 4.52 Å². The normalized spacial score (nSPS) is 16.2. The highest BCUT2D eigenvalue weighted by molar-refractivity contribution is 5.83. The Labute approximate surface area is 134 Å². The number of likely N-dealkylation sites (N-methyl/N-ethyl adjacent to an activating group) is 1. The minimum absolute atomic E-state index is 0.557. The molecule has 3 aromatic rings. The van der Waals surface area contributed by atoms with Crippen LogP contribution in [0.15, 0.2) is 34.9 Å². The summed E-state index contributed by atoms with van der Waals surface area (Å²) in [6, 6.07) is 10.1. The van der Waals surface area contributed by atoms with Crippen LogP contribution in [0.1, 0.15) is 5.69 Å². The molecule has 1 aliphatic rings. The molecule has 3 heterocycles. The molecule has 1 fully saturated rings. The highest BCUT2D eigenvalue weighted by Gasteiger charge is 2.19. The SMILES string of the molecule is Cc1ccc2cc(-c3nc(N4CCN(C)CC4)no3)ccc2n1. The maximum atomic E-state index is 5.47. The third kappa shape index (κ3) is 2.77. The Morgan fingerprint density at radius 3 is 2.65 bits per heavy atom. The topological polar surface area (TPSA) is 58.3 Å². The summed E-state index contributed by atoms with van der Waals surface area (Å²) in [6.45, 7) is 5.89. The summed E-state index contributed by atoms with van der Waals surface area (Å²) in [7, 11) is 2.13. The van der Waals surface area contributed by atoms with Gasteiger partial charge in [-0.3, -0.25) is 4.98 Å². The predicted octanol–water partition coefficient (Wildman–Crippen LogP) is 2.35. The summed E-state index contributed by atoms with van der Waals surface area (Å²) in [5.41, 5.74) is 2.92. The minimum atomic E-state index is 0.557. The van der Waals surface area contributed by atoms with Crippen LogP contribution >= 0.6 is 0 Å². The maximum absolute atomic E-state index is 5.47. The van der Waals surface area contributed by atoms with E-state index >= 15 is 0 Å². The zero-order valence-electron chi connectivity index (χ0n) is 13.4. The van der Waals surface area contributed by atoms with Gasteiger partial charge in [0.05, 0.1) is 5.52 Å². The number of fused-ring (bicyclic) bond motifs is 1. The summed E-state index contributed by atoms with van der Waals surface area (Å²) in [5, 5.41) is 5.22. The molecule has 0 unspecified atom stereocenters. The van der Waals surface area contributed by atoms with Gasteiger partial charge in [-0.25, -0.2) is 0 Å². The van der Waals surface area contributed by atoms with Gasteiger partial charge in [-0.05, 0) is 43.4 Å². The second-order valence-corrected chi connectivity index (χ2v) is 6.05. The van der Waals surface area contributed by atoms with E-state index < -0.39 is 0 Å². The molecule has 6 heteroatoms. The van der Waals surface area contributed by atoms with E-state index in [0.29, 0.717) is 11.8 Å². The molecule has 2 aromatic heterocycles. The van der Waals surface area contributed by atoms with Crippen molar-refractivity contribution in [1.82, 2.24) is 20.0 Å². The number of hydrogen-bond donors (Lipinski definition) is 0. The van der Waals surface area contributed by atoms with Crippen molar-refractivity contribution in [3.05, 3.63) is 36.0 Å². The lowest BCUT2D eigenvalue weighted by Crippen LogP contribution is -2.44. The number of hydrogen-bond acceptors (Lipinski definition) is 6. The number of anilines is 1. The van der Waals surface area contributed by atoms with E-state index in [2.05, 4.69) is 38.0 Å². The van der Waals surface area contributed by atoms with E-state index in [-0.39, 0.29) is 0 Å². The van der Waals surface area contributed by atoms with Crippen molar-refractivity contribution in [1.29, 1.82) is 0 Å².